The van der Waals surface area contributed by atoms with Crippen LogP contribution < -0.4 is 0 Å². The molecule has 1 N–H and O–H groups in total. The van der Waals surface area contributed by atoms with E-state index >= 15 is 0 Å². The number of carbonyl (C=O) groups excluding carboxylic acids is 1. The molecule has 0 aliphatic heterocycles. The maximum Gasteiger partial charge on any atom is 0.307 e. The Balaban J connectivity index is 2.00. The predicted molar refractivity (Wildman–Crippen MR) is 77.8 cm³/mol. The summed E-state index contributed by atoms with van der Waals surface area (Å²) in [5, 5.41) is 9.65. The highest BCUT2D eigenvalue weighted by atomic mass is 16.4. The van der Waals surface area contributed by atoms with Gasteiger partial charge in [-0.25, -0.2) is 4.98 Å². The molecule has 0 saturated heterocycles. The smallest absolute Gasteiger partial charge is 0.307 e. The molecule has 0 aliphatic rings. The zero-order valence-electron chi connectivity index (χ0n) is 11.1. The molecule has 0 bridgehead atoms. The van der Waals surface area contributed by atoms with Crippen LogP contribution in [0.1, 0.15) is 15.9 Å². The van der Waals surface area contributed by atoms with Crippen molar-refractivity contribution < 1.29 is 14.7 Å². The number of aldehydes is 1. The van der Waals surface area contributed by atoms with Crippen LogP contribution in [0.25, 0.3) is 16.7 Å². The summed E-state index contributed by atoms with van der Waals surface area (Å²) < 4.78 is 1.90. The van der Waals surface area contributed by atoms with Crippen LogP contribution in [0.4, 0.5) is 0 Å². The van der Waals surface area contributed by atoms with Crippen LogP contribution in [0.5, 0.6) is 0 Å². The van der Waals surface area contributed by atoms with Gasteiger partial charge in [-0.3, -0.25) is 9.59 Å². The monoisotopic (exact) mass is 280 g/mol. The summed E-state index contributed by atoms with van der Waals surface area (Å²) in [5.41, 5.74) is 2.94. The summed E-state index contributed by atoms with van der Waals surface area (Å²) in [4.78, 5) is 25.7. The Morgan fingerprint density at radius 2 is 2.00 bits per heavy atom. The van der Waals surface area contributed by atoms with Gasteiger partial charge in [0, 0.05) is 29.0 Å². The Kier molecular flexibility index (Phi) is 3.23. The van der Waals surface area contributed by atoms with Crippen LogP contribution in [-0.2, 0) is 11.2 Å². The van der Waals surface area contributed by atoms with Crippen molar-refractivity contribution in [2.24, 2.45) is 0 Å². The number of carboxylic acids is 1. The van der Waals surface area contributed by atoms with Gasteiger partial charge >= 0.3 is 5.97 Å². The first-order chi connectivity index (χ1) is 10.2. The summed E-state index contributed by atoms with van der Waals surface area (Å²) in [6.07, 6.45) is 4.18. The third-order valence-electron chi connectivity index (χ3n) is 3.25. The molecule has 0 fully saturated rings. The summed E-state index contributed by atoms with van der Waals surface area (Å²) >= 11 is 0. The van der Waals surface area contributed by atoms with Crippen molar-refractivity contribution in [2.45, 2.75) is 6.42 Å². The van der Waals surface area contributed by atoms with Crippen molar-refractivity contribution in [3.63, 3.8) is 0 Å². The van der Waals surface area contributed by atoms with Gasteiger partial charge in [0.25, 0.3) is 0 Å². The number of rotatable bonds is 4. The van der Waals surface area contributed by atoms with Gasteiger partial charge in [-0.05, 0) is 29.8 Å². The molecular formula is C16H12N2O3. The summed E-state index contributed by atoms with van der Waals surface area (Å²) in [7, 11) is 0. The zero-order valence-corrected chi connectivity index (χ0v) is 11.1. The minimum Gasteiger partial charge on any atom is -0.481 e. The van der Waals surface area contributed by atoms with Gasteiger partial charge in [0.2, 0.25) is 0 Å². The number of benzene rings is 1. The number of hydrogen-bond acceptors (Lipinski definition) is 3. The van der Waals surface area contributed by atoms with Crippen LogP contribution >= 0.6 is 0 Å². The molecular weight excluding hydrogens is 268 g/mol. The highest BCUT2D eigenvalue weighted by Crippen LogP contribution is 2.19. The minimum absolute atomic E-state index is 0.00759. The van der Waals surface area contributed by atoms with Crippen molar-refractivity contribution in [2.75, 3.05) is 0 Å². The van der Waals surface area contributed by atoms with Gasteiger partial charge in [0.15, 0.2) is 6.29 Å². The zero-order chi connectivity index (χ0) is 14.8. The maximum atomic E-state index is 10.8. The predicted octanol–water partition coefficient (Wildman–Crippen LogP) is 2.47. The van der Waals surface area contributed by atoms with E-state index in [-0.39, 0.29) is 6.42 Å². The van der Waals surface area contributed by atoms with Crippen molar-refractivity contribution >= 4 is 23.3 Å². The molecule has 0 aliphatic carbocycles. The van der Waals surface area contributed by atoms with Gasteiger partial charge in [-0.15, -0.1) is 0 Å². The second-order valence-electron chi connectivity index (χ2n) is 4.72. The fourth-order valence-corrected chi connectivity index (χ4v) is 2.26. The summed E-state index contributed by atoms with van der Waals surface area (Å²) in [6.45, 7) is 0. The lowest BCUT2D eigenvalue weighted by Crippen LogP contribution is -2.00. The number of nitrogens with zero attached hydrogens (tertiary/aromatic N) is 2. The van der Waals surface area contributed by atoms with Crippen molar-refractivity contribution in [3.8, 4) is 5.69 Å². The Morgan fingerprint density at radius 1 is 1.24 bits per heavy atom. The Bertz CT molecular complexity index is 819. The third kappa shape index (κ3) is 2.53. The number of carboxylic acid groups (broad SMARTS) is 1. The highest BCUT2D eigenvalue weighted by molar-refractivity contribution is 5.85. The largest absolute Gasteiger partial charge is 0.481 e. The average Bonchev–Trinajstić information content (AvgIpc) is 2.90. The second kappa shape index (κ2) is 5.20. The number of aliphatic carboxylic acids is 1. The molecule has 0 atom stereocenters. The fourth-order valence-electron chi connectivity index (χ4n) is 2.26. The van der Waals surface area contributed by atoms with Gasteiger partial charge in [0.05, 0.1) is 6.42 Å². The molecule has 1 aromatic carbocycles. The molecule has 5 nitrogen and oxygen atoms in total. The average molecular weight is 280 g/mol. The first-order valence-corrected chi connectivity index (χ1v) is 6.41. The van der Waals surface area contributed by atoms with E-state index in [1.165, 1.54) is 6.20 Å². The van der Waals surface area contributed by atoms with Crippen molar-refractivity contribution in [1.82, 2.24) is 9.55 Å². The van der Waals surface area contributed by atoms with Crippen LogP contribution in [0.2, 0.25) is 0 Å². The van der Waals surface area contributed by atoms with Crippen molar-refractivity contribution in [3.05, 3.63) is 59.9 Å². The molecule has 0 spiro atoms. The number of hydrogen-bond donors (Lipinski definition) is 1. The second-order valence-corrected chi connectivity index (χ2v) is 4.72. The van der Waals surface area contributed by atoms with Crippen LogP contribution in [-0.4, -0.2) is 26.9 Å². The lowest BCUT2D eigenvalue weighted by Gasteiger charge is -2.06. The van der Waals surface area contributed by atoms with Gasteiger partial charge in [0.1, 0.15) is 5.65 Å². The molecule has 104 valence electrons. The van der Waals surface area contributed by atoms with Crippen LogP contribution in [0.3, 0.4) is 0 Å². The van der Waals surface area contributed by atoms with Gasteiger partial charge in [-0.2, -0.15) is 0 Å². The lowest BCUT2D eigenvalue weighted by molar-refractivity contribution is -0.136. The molecule has 0 radical (unpaired) electrons. The van der Waals surface area contributed by atoms with E-state index in [1.807, 2.05) is 29.0 Å². The van der Waals surface area contributed by atoms with E-state index in [4.69, 9.17) is 5.11 Å². The molecule has 2 heterocycles. The maximum absolute atomic E-state index is 10.8. The van der Waals surface area contributed by atoms with E-state index in [0.717, 1.165) is 28.6 Å². The normalized spacial score (nSPS) is 10.7. The topological polar surface area (TPSA) is 72.2 Å². The van der Waals surface area contributed by atoms with E-state index in [9.17, 15) is 9.59 Å². The molecule has 0 amide bonds. The molecule has 2 aromatic heterocycles. The minimum atomic E-state index is -0.850. The van der Waals surface area contributed by atoms with Gasteiger partial charge < -0.3 is 9.67 Å². The highest BCUT2D eigenvalue weighted by Gasteiger charge is 2.06. The van der Waals surface area contributed by atoms with E-state index in [2.05, 4.69) is 4.98 Å². The molecule has 3 rings (SSSR count). The first-order valence-electron chi connectivity index (χ1n) is 6.41. The fraction of sp³-hybridized carbons (Fsp3) is 0.0625. The van der Waals surface area contributed by atoms with Crippen LogP contribution in [0, 0.1) is 0 Å². The Hall–Kier alpha value is -2.95. The number of carbonyl (C=O) groups is 2. The quantitative estimate of drug-likeness (QED) is 0.745. The molecule has 21 heavy (non-hydrogen) atoms. The SMILES string of the molecule is O=Cc1cnc2c(ccn2-c2ccc(CC(=O)O)cc2)c1. The number of fused-ring (bicyclic) bond motifs is 1. The number of aromatic nitrogens is 2. The summed E-state index contributed by atoms with van der Waals surface area (Å²) in [5.74, 6) is -0.850. The standard InChI is InChI=1S/C16H12N2O3/c19-10-12-7-13-5-6-18(16(13)17-9-12)14-3-1-11(2-4-14)8-15(20)21/h1-7,9-10H,8H2,(H,20,21). The van der Waals surface area contributed by atoms with E-state index in [1.54, 1.807) is 18.2 Å². The number of pyridine rings is 1. The molecule has 5 heteroatoms. The molecule has 0 unspecified atom stereocenters. The molecule has 0 saturated carbocycles. The lowest BCUT2D eigenvalue weighted by atomic mass is 10.1. The Labute approximate surface area is 120 Å². The first kappa shape index (κ1) is 13.1. The molecule has 3 aromatic rings. The van der Waals surface area contributed by atoms with Crippen molar-refractivity contribution in [1.29, 1.82) is 0 Å². The van der Waals surface area contributed by atoms with E-state index < -0.39 is 5.97 Å². The summed E-state index contributed by atoms with van der Waals surface area (Å²) in [6, 6.07) is 11.0. The van der Waals surface area contributed by atoms with E-state index in [0.29, 0.717) is 5.56 Å². The Morgan fingerprint density at radius 3 is 2.67 bits per heavy atom. The third-order valence-corrected chi connectivity index (χ3v) is 3.25. The van der Waals surface area contributed by atoms with Crippen LogP contribution in [0.15, 0.2) is 48.8 Å². The van der Waals surface area contributed by atoms with Gasteiger partial charge in [-0.1, -0.05) is 12.1 Å².